The molecule has 1 aromatic carbocycles. The number of carbonyl (C=O) groups is 2. The molecular weight excluding hydrogens is 438 g/mol. The van der Waals surface area contributed by atoms with Crippen LogP contribution in [0.2, 0.25) is 0 Å². The molecule has 0 aliphatic carbocycles. The highest BCUT2D eigenvalue weighted by molar-refractivity contribution is 7.89. The van der Waals surface area contributed by atoms with Gasteiger partial charge in [0.15, 0.2) is 11.5 Å². The molecular formula is C21H23N3O7S. The summed E-state index contributed by atoms with van der Waals surface area (Å²) in [6.07, 6.45) is -1.07. The summed E-state index contributed by atoms with van der Waals surface area (Å²) in [5, 5.41) is 2.55. The van der Waals surface area contributed by atoms with E-state index in [1.54, 1.807) is 44.2 Å². The first-order valence-corrected chi connectivity index (χ1v) is 11.1. The molecule has 170 valence electrons. The molecule has 0 spiro atoms. The normalized spacial score (nSPS) is 15.6. The number of hydrogen-bond acceptors (Lipinski definition) is 8. The average Bonchev–Trinajstić information content (AvgIpc) is 2.72. The van der Waals surface area contributed by atoms with Crippen molar-refractivity contribution in [3.63, 3.8) is 0 Å². The Labute approximate surface area is 185 Å². The molecule has 1 aliphatic heterocycles. The number of hydrogen-bond donors (Lipinski definition) is 1. The van der Waals surface area contributed by atoms with E-state index in [9.17, 15) is 18.0 Å². The molecule has 2 aromatic rings. The molecule has 0 fully saturated rings. The second-order valence-corrected chi connectivity index (χ2v) is 8.97. The fourth-order valence-corrected chi connectivity index (χ4v) is 4.33. The summed E-state index contributed by atoms with van der Waals surface area (Å²) in [7, 11) is -2.80. The van der Waals surface area contributed by atoms with E-state index in [0.717, 1.165) is 4.31 Å². The van der Waals surface area contributed by atoms with Gasteiger partial charge in [-0.25, -0.2) is 18.2 Å². The summed E-state index contributed by atoms with van der Waals surface area (Å²) in [5.74, 6) is -0.619. The van der Waals surface area contributed by atoms with Crippen LogP contribution < -0.4 is 5.32 Å². The first-order valence-electron chi connectivity index (χ1n) is 9.70. The largest absolute Gasteiger partial charge is 0.511 e. The van der Waals surface area contributed by atoms with Crippen molar-refractivity contribution in [2.75, 3.05) is 12.4 Å². The van der Waals surface area contributed by atoms with Gasteiger partial charge in [0.25, 0.3) is 15.9 Å². The van der Waals surface area contributed by atoms with Crippen molar-refractivity contribution in [2.45, 2.75) is 38.1 Å². The predicted octanol–water partition coefficient (Wildman–Crippen LogP) is 2.95. The van der Waals surface area contributed by atoms with E-state index in [0.29, 0.717) is 0 Å². The van der Waals surface area contributed by atoms with Gasteiger partial charge in [-0.3, -0.25) is 9.10 Å². The Morgan fingerprint density at radius 3 is 2.38 bits per heavy atom. The summed E-state index contributed by atoms with van der Waals surface area (Å²) in [6.45, 7) is 4.74. The molecule has 1 unspecified atom stereocenters. The van der Waals surface area contributed by atoms with Gasteiger partial charge in [-0.2, -0.15) is 0 Å². The van der Waals surface area contributed by atoms with Crippen molar-refractivity contribution in [1.29, 1.82) is 0 Å². The lowest BCUT2D eigenvalue weighted by atomic mass is 10.1. The van der Waals surface area contributed by atoms with Crippen LogP contribution in [0, 0.1) is 0 Å². The molecule has 0 saturated carbocycles. The Hall–Kier alpha value is -3.60. The SMILES string of the molecule is CC(C)OC(=O)OC(C)OC1=C(C(=O)Nc2ccccn2)N(C)S(=O)(=O)c2ccccc21. The minimum atomic E-state index is -4.03. The van der Waals surface area contributed by atoms with E-state index in [4.69, 9.17) is 14.2 Å². The number of carbonyl (C=O) groups excluding carboxylic acids is 2. The van der Waals surface area contributed by atoms with Crippen LogP contribution >= 0.6 is 0 Å². The number of amides is 1. The number of aromatic nitrogens is 1. The summed E-state index contributed by atoms with van der Waals surface area (Å²) >= 11 is 0. The number of likely N-dealkylation sites (N-methyl/N-ethyl adjacent to an activating group) is 1. The molecule has 0 saturated heterocycles. The number of pyridine rings is 1. The van der Waals surface area contributed by atoms with Gasteiger partial charge >= 0.3 is 6.16 Å². The van der Waals surface area contributed by atoms with Crippen molar-refractivity contribution in [3.05, 3.63) is 59.9 Å². The fourth-order valence-electron chi connectivity index (χ4n) is 2.94. The molecule has 10 nitrogen and oxygen atoms in total. The first kappa shape index (κ1) is 23.1. The van der Waals surface area contributed by atoms with E-state index in [1.807, 2.05) is 0 Å². The first-order chi connectivity index (χ1) is 15.1. The van der Waals surface area contributed by atoms with E-state index in [-0.39, 0.29) is 27.7 Å². The van der Waals surface area contributed by atoms with Crippen molar-refractivity contribution in [3.8, 4) is 0 Å². The zero-order valence-corrected chi connectivity index (χ0v) is 18.8. The Morgan fingerprint density at radius 1 is 1.03 bits per heavy atom. The van der Waals surface area contributed by atoms with Gasteiger partial charge in [0, 0.05) is 25.7 Å². The number of fused-ring (bicyclic) bond motifs is 1. The van der Waals surface area contributed by atoms with Crippen LogP contribution in [-0.4, -0.2) is 49.2 Å². The Morgan fingerprint density at radius 2 is 1.72 bits per heavy atom. The zero-order valence-electron chi connectivity index (χ0n) is 17.9. The Balaban J connectivity index is 2.04. The molecule has 1 atom stereocenters. The molecule has 11 heteroatoms. The van der Waals surface area contributed by atoms with Crippen LogP contribution in [0.15, 0.2) is 59.3 Å². The average molecular weight is 461 g/mol. The second kappa shape index (κ2) is 9.27. The van der Waals surface area contributed by atoms with Gasteiger partial charge in [-0.1, -0.05) is 18.2 Å². The molecule has 32 heavy (non-hydrogen) atoms. The number of sulfonamides is 1. The molecule has 1 aromatic heterocycles. The van der Waals surface area contributed by atoms with Gasteiger partial charge in [-0.15, -0.1) is 0 Å². The van der Waals surface area contributed by atoms with Gasteiger partial charge < -0.3 is 19.5 Å². The van der Waals surface area contributed by atoms with Crippen LogP contribution in [-0.2, 0) is 29.0 Å². The highest BCUT2D eigenvalue weighted by atomic mass is 32.2. The minimum absolute atomic E-state index is 0.0520. The van der Waals surface area contributed by atoms with E-state index in [2.05, 4.69) is 10.3 Å². The van der Waals surface area contributed by atoms with Crippen LogP contribution in [0.4, 0.5) is 10.6 Å². The van der Waals surface area contributed by atoms with Gasteiger partial charge in [0.2, 0.25) is 6.29 Å². The van der Waals surface area contributed by atoms with Crippen molar-refractivity contribution >= 4 is 33.7 Å². The predicted molar refractivity (Wildman–Crippen MR) is 114 cm³/mol. The number of anilines is 1. The third-order valence-electron chi connectivity index (χ3n) is 4.30. The van der Waals surface area contributed by atoms with Crippen molar-refractivity contribution in [1.82, 2.24) is 9.29 Å². The lowest BCUT2D eigenvalue weighted by Gasteiger charge is -2.31. The zero-order chi connectivity index (χ0) is 23.5. The second-order valence-electron chi connectivity index (χ2n) is 7.04. The molecule has 3 rings (SSSR count). The van der Waals surface area contributed by atoms with E-state index < -0.39 is 34.5 Å². The maximum Gasteiger partial charge on any atom is 0.511 e. The number of nitrogens with zero attached hydrogens (tertiary/aromatic N) is 2. The number of nitrogens with one attached hydrogen (secondary N) is 1. The summed E-state index contributed by atoms with van der Waals surface area (Å²) in [4.78, 5) is 28.9. The quantitative estimate of drug-likeness (QED) is 0.514. The summed E-state index contributed by atoms with van der Waals surface area (Å²) in [5.41, 5.74) is -0.133. The molecule has 0 radical (unpaired) electrons. The monoisotopic (exact) mass is 461 g/mol. The lowest BCUT2D eigenvalue weighted by Crippen LogP contribution is -2.38. The summed E-state index contributed by atoms with van der Waals surface area (Å²) < 4.78 is 42.7. The van der Waals surface area contributed by atoms with Crippen LogP contribution in [0.25, 0.3) is 5.76 Å². The van der Waals surface area contributed by atoms with Crippen LogP contribution in [0.1, 0.15) is 26.3 Å². The van der Waals surface area contributed by atoms with Crippen LogP contribution in [0.5, 0.6) is 0 Å². The van der Waals surface area contributed by atoms with E-state index in [1.165, 1.54) is 32.3 Å². The minimum Gasteiger partial charge on any atom is -0.452 e. The third-order valence-corrected chi connectivity index (χ3v) is 6.12. The molecule has 2 heterocycles. The fraction of sp³-hybridized carbons (Fsp3) is 0.286. The molecule has 0 bridgehead atoms. The maximum absolute atomic E-state index is 13.1. The van der Waals surface area contributed by atoms with E-state index >= 15 is 0 Å². The highest BCUT2D eigenvalue weighted by Gasteiger charge is 2.39. The Kier molecular flexibility index (Phi) is 6.68. The standard InChI is InChI=1S/C21H23N3O7S/c1-13(2)29-21(26)31-14(3)30-19-15-9-5-6-10-16(15)32(27,28)24(4)18(19)20(25)23-17-11-7-8-12-22-17/h5-14H,1-4H3,(H,22,23,25). The maximum atomic E-state index is 13.1. The third kappa shape index (κ3) is 4.83. The number of ether oxygens (including phenoxy) is 3. The lowest BCUT2D eigenvalue weighted by molar-refractivity contribution is -0.114. The van der Waals surface area contributed by atoms with Crippen molar-refractivity contribution in [2.24, 2.45) is 0 Å². The Bertz CT molecular complexity index is 1150. The summed E-state index contributed by atoms with van der Waals surface area (Å²) in [6, 6.07) is 11.0. The topological polar surface area (TPSA) is 124 Å². The van der Waals surface area contributed by atoms with Crippen molar-refractivity contribution < 1.29 is 32.2 Å². The number of rotatable bonds is 6. The molecule has 1 amide bonds. The molecule has 1 N–H and O–H groups in total. The van der Waals surface area contributed by atoms with Gasteiger partial charge in [-0.05, 0) is 38.1 Å². The van der Waals surface area contributed by atoms with Gasteiger partial charge in [0.05, 0.1) is 11.0 Å². The van der Waals surface area contributed by atoms with Crippen LogP contribution in [0.3, 0.4) is 0 Å². The van der Waals surface area contributed by atoms with Gasteiger partial charge in [0.1, 0.15) is 5.82 Å². The highest BCUT2D eigenvalue weighted by Crippen LogP contribution is 2.37. The molecule has 1 aliphatic rings. The smallest absolute Gasteiger partial charge is 0.452 e. The number of benzene rings is 1.